The Hall–Kier alpha value is -3.86. The SMILES string of the molecule is CCN(C=O)c1ncc(-c2cc(NC(=O)c3ccnc(C(F)(F)F)c3F)ccc2C)cc1[C@@H]1C2COCC2[C@@H]1C. The van der Waals surface area contributed by atoms with Gasteiger partial charge < -0.3 is 10.1 Å². The number of hydrogen-bond acceptors (Lipinski definition) is 5. The van der Waals surface area contributed by atoms with Crippen molar-refractivity contribution in [3.63, 3.8) is 0 Å². The number of nitrogens with one attached hydrogen (secondary N) is 1. The first-order valence-corrected chi connectivity index (χ1v) is 13.0. The van der Waals surface area contributed by atoms with Crippen LogP contribution in [0, 0.1) is 30.5 Å². The number of rotatable bonds is 7. The highest BCUT2D eigenvalue weighted by atomic mass is 19.4. The molecule has 3 heterocycles. The van der Waals surface area contributed by atoms with Crippen LogP contribution in [-0.2, 0) is 15.7 Å². The molecule has 2 amide bonds. The van der Waals surface area contributed by atoms with Gasteiger partial charge in [0.2, 0.25) is 6.41 Å². The Morgan fingerprint density at radius 1 is 1.18 bits per heavy atom. The maximum atomic E-state index is 14.5. The highest BCUT2D eigenvalue weighted by Crippen LogP contribution is 2.56. The third kappa shape index (κ3) is 4.83. The number of carbonyl (C=O) groups is 2. The molecule has 7 nitrogen and oxygen atoms in total. The number of aryl methyl sites for hydroxylation is 1. The van der Waals surface area contributed by atoms with E-state index in [0.29, 0.717) is 36.7 Å². The minimum Gasteiger partial charge on any atom is -0.381 e. The number of nitrogens with zero attached hydrogens (tertiary/aromatic N) is 3. The maximum absolute atomic E-state index is 14.5. The molecule has 1 aromatic carbocycles. The van der Waals surface area contributed by atoms with Crippen LogP contribution in [0.25, 0.3) is 11.1 Å². The summed E-state index contributed by atoms with van der Waals surface area (Å²) in [4.78, 5) is 33.9. The fraction of sp³-hybridized carbons (Fsp3) is 0.379. The Labute approximate surface area is 228 Å². The fourth-order valence-electron chi connectivity index (χ4n) is 5.93. The number of anilines is 2. The van der Waals surface area contributed by atoms with Gasteiger partial charge in [0.15, 0.2) is 11.5 Å². The van der Waals surface area contributed by atoms with Crippen LogP contribution < -0.4 is 10.2 Å². The van der Waals surface area contributed by atoms with Crippen molar-refractivity contribution < 1.29 is 31.9 Å². The molecule has 2 aromatic heterocycles. The van der Waals surface area contributed by atoms with Gasteiger partial charge in [0.25, 0.3) is 5.91 Å². The van der Waals surface area contributed by atoms with Crippen molar-refractivity contribution in [2.45, 2.75) is 32.9 Å². The van der Waals surface area contributed by atoms with Crippen LogP contribution >= 0.6 is 0 Å². The first-order chi connectivity index (χ1) is 19.0. The lowest BCUT2D eigenvalue weighted by Gasteiger charge is -2.47. The number of benzene rings is 1. The summed E-state index contributed by atoms with van der Waals surface area (Å²) in [7, 11) is 0. The van der Waals surface area contributed by atoms with Crippen LogP contribution in [0.2, 0.25) is 0 Å². The van der Waals surface area contributed by atoms with Crippen LogP contribution in [0.5, 0.6) is 0 Å². The molecule has 3 aromatic rings. The molecule has 0 spiro atoms. The van der Waals surface area contributed by atoms with Gasteiger partial charge in [-0.3, -0.25) is 14.5 Å². The average molecular weight is 557 g/mol. The molecule has 4 atom stereocenters. The predicted molar refractivity (Wildman–Crippen MR) is 140 cm³/mol. The first kappa shape index (κ1) is 27.7. The quantitative estimate of drug-likeness (QED) is 0.292. The lowest BCUT2D eigenvalue weighted by atomic mass is 9.56. The normalized spacial score (nSPS) is 21.9. The minimum absolute atomic E-state index is 0.157. The molecule has 1 saturated heterocycles. The van der Waals surface area contributed by atoms with Gasteiger partial charge >= 0.3 is 6.18 Å². The molecule has 1 saturated carbocycles. The summed E-state index contributed by atoms with van der Waals surface area (Å²) < 4.78 is 59.4. The van der Waals surface area contributed by atoms with E-state index < -0.39 is 29.2 Å². The van der Waals surface area contributed by atoms with Crippen molar-refractivity contribution in [1.29, 1.82) is 0 Å². The van der Waals surface area contributed by atoms with E-state index in [4.69, 9.17) is 4.74 Å². The van der Waals surface area contributed by atoms with Crippen LogP contribution in [0.15, 0.2) is 42.7 Å². The van der Waals surface area contributed by atoms with Crippen molar-refractivity contribution in [2.24, 2.45) is 17.8 Å². The summed E-state index contributed by atoms with van der Waals surface area (Å²) in [5.41, 5.74) is 1.03. The number of pyridine rings is 2. The standard InChI is InChI=1S/C29H28F4N4O3/c1-4-37(14-38)27-21(24-16(3)22-12-40-13-23(22)24)9-17(11-35-27)20-10-18(6-5-15(20)2)36-28(39)19-7-8-34-26(25(19)30)29(31,32)33/h5-11,14,16,22-24H,4,12-13H2,1-3H3,(H,36,39)/t16-,22?,23?,24+/m0/s1. The summed E-state index contributed by atoms with van der Waals surface area (Å²) in [5.74, 6) is -0.876. The summed E-state index contributed by atoms with van der Waals surface area (Å²) in [6, 6.07) is 7.91. The van der Waals surface area contributed by atoms with E-state index in [1.807, 2.05) is 19.9 Å². The zero-order chi connectivity index (χ0) is 28.8. The molecule has 1 N–H and O–H groups in total. The van der Waals surface area contributed by atoms with E-state index in [0.717, 1.165) is 47.5 Å². The monoisotopic (exact) mass is 556 g/mol. The Morgan fingerprint density at radius 2 is 1.93 bits per heavy atom. The van der Waals surface area contributed by atoms with Gasteiger partial charge in [-0.25, -0.2) is 14.4 Å². The number of aromatic nitrogens is 2. The molecule has 5 rings (SSSR count). The van der Waals surface area contributed by atoms with E-state index in [1.54, 1.807) is 29.3 Å². The van der Waals surface area contributed by atoms with Crippen molar-refractivity contribution in [3.05, 3.63) is 70.9 Å². The van der Waals surface area contributed by atoms with Crippen LogP contribution in [0.3, 0.4) is 0 Å². The van der Waals surface area contributed by atoms with Crippen molar-refractivity contribution in [3.8, 4) is 11.1 Å². The molecule has 2 aliphatic rings. The molecular weight excluding hydrogens is 528 g/mol. The second-order valence-electron chi connectivity index (χ2n) is 10.3. The van der Waals surface area contributed by atoms with Gasteiger partial charge in [-0.15, -0.1) is 0 Å². The predicted octanol–water partition coefficient (Wildman–Crippen LogP) is 5.84. The van der Waals surface area contributed by atoms with Crippen molar-refractivity contribution in [2.75, 3.05) is 30.0 Å². The molecule has 0 bridgehead atoms. The molecule has 1 aliphatic heterocycles. The summed E-state index contributed by atoms with van der Waals surface area (Å²) >= 11 is 0. The Morgan fingerprint density at radius 3 is 2.62 bits per heavy atom. The summed E-state index contributed by atoms with van der Waals surface area (Å²) in [6.45, 7) is 7.76. The number of ether oxygens (including phenoxy) is 1. The Balaban J connectivity index is 1.50. The molecule has 0 radical (unpaired) electrons. The number of halogens is 4. The number of carbonyl (C=O) groups excluding carboxylic acids is 2. The lowest BCUT2D eigenvalue weighted by molar-refractivity contribution is -0.143. The number of alkyl halides is 3. The largest absolute Gasteiger partial charge is 0.436 e. The van der Waals surface area contributed by atoms with Crippen LogP contribution in [0.4, 0.5) is 29.1 Å². The molecule has 2 fully saturated rings. The van der Waals surface area contributed by atoms with Crippen molar-refractivity contribution in [1.82, 2.24) is 9.97 Å². The van der Waals surface area contributed by atoms with E-state index in [9.17, 15) is 27.2 Å². The van der Waals surface area contributed by atoms with E-state index >= 15 is 0 Å². The molecule has 210 valence electrons. The zero-order valence-corrected chi connectivity index (χ0v) is 22.1. The fourth-order valence-corrected chi connectivity index (χ4v) is 5.93. The molecular formula is C29H28F4N4O3. The highest BCUT2D eigenvalue weighted by Gasteiger charge is 2.52. The third-order valence-corrected chi connectivity index (χ3v) is 8.08. The molecule has 2 unspecified atom stereocenters. The minimum atomic E-state index is -5.03. The molecule has 40 heavy (non-hydrogen) atoms. The highest BCUT2D eigenvalue weighted by molar-refractivity contribution is 6.04. The number of amides is 2. The first-order valence-electron chi connectivity index (χ1n) is 13.0. The zero-order valence-electron chi connectivity index (χ0n) is 22.1. The van der Waals surface area contributed by atoms with Crippen LogP contribution in [0.1, 0.15) is 46.9 Å². The van der Waals surface area contributed by atoms with Crippen LogP contribution in [-0.4, -0.2) is 42.0 Å². The molecule has 11 heteroatoms. The topological polar surface area (TPSA) is 84.4 Å². The second-order valence-corrected chi connectivity index (χ2v) is 10.3. The number of fused-ring (bicyclic) bond motifs is 1. The summed E-state index contributed by atoms with van der Waals surface area (Å²) in [6.07, 6.45) is -1.87. The van der Waals surface area contributed by atoms with E-state index in [1.165, 1.54) is 0 Å². The number of hydrogen-bond donors (Lipinski definition) is 1. The van der Waals surface area contributed by atoms with Crippen molar-refractivity contribution >= 4 is 23.8 Å². The maximum Gasteiger partial charge on any atom is 0.436 e. The van der Waals surface area contributed by atoms with Gasteiger partial charge in [0, 0.05) is 30.2 Å². The lowest BCUT2D eigenvalue weighted by Crippen LogP contribution is -2.43. The third-order valence-electron chi connectivity index (χ3n) is 8.08. The summed E-state index contributed by atoms with van der Waals surface area (Å²) in [5, 5.41) is 2.49. The smallest absolute Gasteiger partial charge is 0.381 e. The van der Waals surface area contributed by atoms with Gasteiger partial charge in [0.1, 0.15) is 5.82 Å². The van der Waals surface area contributed by atoms with Gasteiger partial charge in [-0.2, -0.15) is 13.2 Å². The Bertz CT molecular complexity index is 1460. The second kappa shape index (κ2) is 10.6. The van der Waals surface area contributed by atoms with Gasteiger partial charge in [-0.05, 0) is 78.5 Å². The van der Waals surface area contributed by atoms with E-state index in [2.05, 4.69) is 22.2 Å². The molecule has 1 aliphatic carbocycles. The Kier molecular flexibility index (Phi) is 7.34. The van der Waals surface area contributed by atoms with E-state index in [-0.39, 0.29) is 11.6 Å². The average Bonchev–Trinajstić information content (AvgIpc) is 3.34. The van der Waals surface area contributed by atoms with Gasteiger partial charge in [0.05, 0.1) is 18.8 Å². The van der Waals surface area contributed by atoms with Gasteiger partial charge in [-0.1, -0.05) is 13.0 Å².